The molecular formula is C19H21N7O. The molecule has 0 bridgehead atoms. The minimum atomic E-state index is 0.668. The first-order chi connectivity index (χ1) is 13.1. The molecule has 8 heteroatoms. The average molecular weight is 363 g/mol. The van der Waals surface area contributed by atoms with Gasteiger partial charge in [0.15, 0.2) is 5.65 Å². The van der Waals surface area contributed by atoms with Crippen LogP contribution >= 0.6 is 0 Å². The highest BCUT2D eigenvalue weighted by Gasteiger charge is 2.13. The van der Waals surface area contributed by atoms with Crippen LogP contribution in [0.15, 0.2) is 42.6 Å². The SMILES string of the molecule is CNc1cccc(-c2cc(Nc3cc(OC)c4cnn(C)c4n3)n(C)n2)c1. The van der Waals surface area contributed by atoms with Crippen molar-refractivity contribution in [1.29, 1.82) is 0 Å². The number of rotatable bonds is 5. The second kappa shape index (κ2) is 6.64. The van der Waals surface area contributed by atoms with Gasteiger partial charge in [0.25, 0.3) is 0 Å². The summed E-state index contributed by atoms with van der Waals surface area (Å²) >= 11 is 0. The number of hydrogen-bond donors (Lipinski definition) is 2. The van der Waals surface area contributed by atoms with Gasteiger partial charge in [-0.3, -0.25) is 9.36 Å². The Morgan fingerprint density at radius 1 is 1.07 bits per heavy atom. The summed E-state index contributed by atoms with van der Waals surface area (Å²) in [5.41, 5.74) is 3.71. The van der Waals surface area contributed by atoms with Crippen molar-refractivity contribution < 1.29 is 4.74 Å². The van der Waals surface area contributed by atoms with E-state index in [4.69, 9.17) is 4.74 Å². The van der Waals surface area contributed by atoms with Crippen molar-refractivity contribution in [3.8, 4) is 17.0 Å². The molecule has 0 saturated carbocycles. The topological polar surface area (TPSA) is 81.8 Å². The average Bonchev–Trinajstić information content (AvgIpc) is 3.24. The number of nitrogens with one attached hydrogen (secondary N) is 2. The summed E-state index contributed by atoms with van der Waals surface area (Å²) in [6.45, 7) is 0. The Labute approximate surface area is 156 Å². The summed E-state index contributed by atoms with van der Waals surface area (Å²) in [5, 5.41) is 16.2. The molecule has 0 atom stereocenters. The van der Waals surface area contributed by atoms with Crippen molar-refractivity contribution in [1.82, 2.24) is 24.5 Å². The second-order valence-corrected chi connectivity index (χ2v) is 6.21. The van der Waals surface area contributed by atoms with Gasteiger partial charge in [-0.2, -0.15) is 10.2 Å². The smallest absolute Gasteiger partial charge is 0.163 e. The van der Waals surface area contributed by atoms with Gasteiger partial charge in [-0.15, -0.1) is 0 Å². The molecule has 4 aromatic rings. The van der Waals surface area contributed by atoms with E-state index in [1.54, 1.807) is 22.7 Å². The van der Waals surface area contributed by atoms with E-state index in [0.717, 1.165) is 39.5 Å². The van der Waals surface area contributed by atoms with Crippen molar-refractivity contribution in [3.05, 3.63) is 42.6 Å². The van der Waals surface area contributed by atoms with Crippen LogP contribution in [0.5, 0.6) is 5.75 Å². The maximum absolute atomic E-state index is 5.49. The number of nitrogens with zero attached hydrogens (tertiary/aromatic N) is 5. The van der Waals surface area contributed by atoms with Crippen LogP contribution < -0.4 is 15.4 Å². The number of ether oxygens (including phenoxy) is 1. The molecule has 3 aromatic heterocycles. The van der Waals surface area contributed by atoms with Crippen LogP contribution in [0.3, 0.4) is 0 Å². The Bertz CT molecular complexity index is 1110. The Hall–Kier alpha value is -3.55. The number of aromatic nitrogens is 5. The van der Waals surface area contributed by atoms with Gasteiger partial charge in [-0.25, -0.2) is 4.98 Å². The lowest BCUT2D eigenvalue weighted by Crippen LogP contribution is -2.02. The zero-order valence-corrected chi connectivity index (χ0v) is 15.7. The third kappa shape index (κ3) is 3.05. The standard InChI is InChI=1S/C19H21N7O/c1-20-13-7-5-6-12(8-13)15-9-18(25(2)24-15)22-17-10-16(27-4)14-11-21-26(3)19(14)23-17/h5-11,20H,1-4H3,(H,22,23). The monoisotopic (exact) mass is 363 g/mol. The minimum absolute atomic E-state index is 0.668. The summed E-state index contributed by atoms with van der Waals surface area (Å²) in [5.74, 6) is 2.22. The molecule has 8 nitrogen and oxygen atoms in total. The largest absolute Gasteiger partial charge is 0.496 e. The fourth-order valence-electron chi connectivity index (χ4n) is 3.01. The molecule has 0 aliphatic carbocycles. The lowest BCUT2D eigenvalue weighted by Gasteiger charge is -2.08. The van der Waals surface area contributed by atoms with E-state index in [1.807, 2.05) is 51.5 Å². The highest BCUT2D eigenvalue weighted by molar-refractivity contribution is 5.84. The van der Waals surface area contributed by atoms with Crippen molar-refractivity contribution in [3.63, 3.8) is 0 Å². The van der Waals surface area contributed by atoms with E-state index >= 15 is 0 Å². The van der Waals surface area contributed by atoms with Crippen LogP contribution in [-0.4, -0.2) is 38.7 Å². The number of fused-ring (bicyclic) bond motifs is 1. The lowest BCUT2D eigenvalue weighted by atomic mass is 10.1. The molecule has 0 saturated heterocycles. The molecule has 27 heavy (non-hydrogen) atoms. The molecule has 0 fully saturated rings. The number of pyridine rings is 1. The maximum atomic E-state index is 5.49. The van der Waals surface area contributed by atoms with Crippen LogP contribution in [0.25, 0.3) is 22.3 Å². The van der Waals surface area contributed by atoms with Crippen LogP contribution in [-0.2, 0) is 14.1 Å². The summed E-state index contributed by atoms with van der Waals surface area (Å²) in [6, 6.07) is 12.0. The molecule has 2 N–H and O–H groups in total. The molecule has 0 aliphatic heterocycles. The fourth-order valence-corrected chi connectivity index (χ4v) is 3.01. The van der Waals surface area contributed by atoms with Crippen LogP contribution in [0.2, 0.25) is 0 Å². The van der Waals surface area contributed by atoms with E-state index in [0.29, 0.717) is 5.82 Å². The van der Waals surface area contributed by atoms with E-state index in [9.17, 15) is 0 Å². The van der Waals surface area contributed by atoms with Gasteiger partial charge in [0.2, 0.25) is 0 Å². The van der Waals surface area contributed by atoms with Gasteiger partial charge >= 0.3 is 0 Å². The van der Waals surface area contributed by atoms with E-state index in [-0.39, 0.29) is 0 Å². The normalized spacial score (nSPS) is 11.0. The van der Waals surface area contributed by atoms with Gasteiger partial charge in [-0.1, -0.05) is 12.1 Å². The van der Waals surface area contributed by atoms with Crippen LogP contribution in [0, 0.1) is 0 Å². The minimum Gasteiger partial charge on any atom is -0.496 e. The number of methoxy groups -OCH3 is 1. The summed E-state index contributed by atoms with van der Waals surface area (Å²) in [6.07, 6.45) is 1.75. The van der Waals surface area contributed by atoms with Gasteiger partial charge in [0, 0.05) is 44.5 Å². The van der Waals surface area contributed by atoms with Gasteiger partial charge in [0.05, 0.1) is 24.4 Å². The predicted octanol–water partition coefficient (Wildman–Crippen LogP) is 3.16. The molecule has 0 unspecified atom stereocenters. The number of benzene rings is 1. The van der Waals surface area contributed by atoms with Gasteiger partial charge in [-0.05, 0) is 12.1 Å². The summed E-state index contributed by atoms with van der Waals surface area (Å²) < 4.78 is 9.00. The molecule has 0 spiro atoms. The maximum Gasteiger partial charge on any atom is 0.163 e. The first kappa shape index (κ1) is 16.9. The first-order valence-electron chi connectivity index (χ1n) is 8.55. The Kier molecular flexibility index (Phi) is 4.15. The third-order valence-corrected chi connectivity index (χ3v) is 4.47. The Morgan fingerprint density at radius 2 is 1.93 bits per heavy atom. The number of anilines is 3. The molecule has 0 amide bonds. The number of hydrogen-bond acceptors (Lipinski definition) is 6. The highest BCUT2D eigenvalue weighted by Crippen LogP contribution is 2.30. The summed E-state index contributed by atoms with van der Waals surface area (Å²) in [4.78, 5) is 4.65. The Balaban J connectivity index is 1.70. The van der Waals surface area contributed by atoms with Crippen molar-refractivity contribution in [2.75, 3.05) is 24.8 Å². The fraction of sp³-hybridized carbons (Fsp3) is 0.211. The quantitative estimate of drug-likeness (QED) is 0.567. The second-order valence-electron chi connectivity index (χ2n) is 6.21. The molecule has 3 heterocycles. The molecule has 4 rings (SSSR count). The van der Waals surface area contributed by atoms with E-state index in [2.05, 4.69) is 31.9 Å². The number of aryl methyl sites for hydroxylation is 2. The molecular weight excluding hydrogens is 342 g/mol. The van der Waals surface area contributed by atoms with Crippen molar-refractivity contribution >= 4 is 28.4 Å². The van der Waals surface area contributed by atoms with Crippen LogP contribution in [0.4, 0.5) is 17.3 Å². The molecule has 0 aliphatic rings. The molecule has 0 radical (unpaired) electrons. The van der Waals surface area contributed by atoms with E-state index < -0.39 is 0 Å². The lowest BCUT2D eigenvalue weighted by molar-refractivity contribution is 0.419. The molecule has 1 aromatic carbocycles. The van der Waals surface area contributed by atoms with Crippen LogP contribution in [0.1, 0.15) is 0 Å². The third-order valence-electron chi connectivity index (χ3n) is 4.47. The zero-order valence-electron chi connectivity index (χ0n) is 15.7. The van der Waals surface area contributed by atoms with Crippen molar-refractivity contribution in [2.45, 2.75) is 0 Å². The predicted molar refractivity (Wildman–Crippen MR) is 107 cm³/mol. The van der Waals surface area contributed by atoms with Gasteiger partial charge < -0.3 is 15.4 Å². The van der Waals surface area contributed by atoms with E-state index in [1.165, 1.54) is 0 Å². The Morgan fingerprint density at radius 3 is 2.70 bits per heavy atom. The van der Waals surface area contributed by atoms with Crippen molar-refractivity contribution in [2.24, 2.45) is 14.1 Å². The summed E-state index contributed by atoms with van der Waals surface area (Å²) in [7, 11) is 7.30. The zero-order chi connectivity index (χ0) is 19.0. The van der Waals surface area contributed by atoms with Gasteiger partial charge in [0.1, 0.15) is 17.4 Å². The highest BCUT2D eigenvalue weighted by atomic mass is 16.5. The first-order valence-corrected chi connectivity index (χ1v) is 8.55. The molecule has 138 valence electrons.